The third-order valence-corrected chi connectivity index (χ3v) is 4.73. The van der Waals surface area contributed by atoms with Crippen molar-refractivity contribution < 1.29 is 10.2 Å². The van der Waals surface area contributed by atoms with Crippen LogP contribution in [-0.4, -0.2) is 10.2 Å². The van der Waals surface area contributed by atoms with Crippen LogP contribution in [0.3, 0.4) is 0 Å². The molecule has 0 heterocycles. The van der Waals surface area contributed by atoms with Crippen molar-refractivity contribution in [2.75, 3.05) is 0 Å². The Morgan fingerprint density at radius 3 is 1.96 bits per heavy atom. The van der Waals surface area contributed by atoms with Gasteiger partial charge in [0, 0.05) is 5.56 Å². The minimum absolute atomic E-state index is 0.268. The zero-order valence-electron chi connectivity index (χ0n) is 15.7. The number of aliphatic hydroxyl groups excluding tert-OH is 1. The zero-order valence-corrected chi connectivity index (χ0v) is 15.7. The highest BCUT2D eigenvalue weighted by molar-refractivity contribution is 5.79. The summed E-state index contributed by atoms with van der Waals surface area (Å²) in [6.07, 6.45) is 0.290. The van der Waals surface area contributed by atoms with Gasteiger partial charge in [0.15, 0.2) is 0 Å². The van der Waals surface area contributed by atoms with Crippen molar-refractivity contribution in [2.45, 2.75) is 65.9 Å². The van der Waals surface area contributed by atoms with Gasteiger partial charge in [0.25, 0.3) is 0 Å². The molecule has 2 N–H and O–H groups in total. The monoisotopic (exact) mass is 326 g/mol. The second-order valence-electron chi connectivity index (χ2n) is 7.18. The van der Waals surface area contributed by atoms with Gasteiger partial charge in [0.2, 0.25) is 0 Å². The van der Waals surface area contributed by atoms with Gasteiger partial charge in [0.05, 0.1) is 6.10 Å². The highest BCUT2D eigenvalue weighted by Crippen LogP contribution is 2.43. The van der Waals surface area contributed by atoms with Crippen molar-refractivity contribution in [3.05, 3.63) is 52.6 Å². The highest BCUT2D eigenvalue weighted by atomic mass is 16.3. The first-order valence-corrected chi connectivity index (χ1v) is 8.95. The van der Waals surface area contributed by atoms with Crippen LogP contribution >= 0.6 is 0 Å². The van der Waals surface area contributed by atoms with Crippen LogP contribution in [0.15, 0.2) is 30.3 Å². The molecule has 2 aromatic carbocycles. The number of hydrogen-bond acceptors (Lipinski definition) is 2. The Bertz CT molecular complexity index is 712. The van der Waals surface area contributed by atoms with Gasteiger partial charge in [-0.1, -0.05) is 58.9 Å². The van der Waals surface area contributed by atoms with E-state index in [9.17, 15) is 10.2 Å². The molecule has 0 saturated heterocycles. The van der Waals surface area contributed by atoms with E-state index in [-0.39, 0.29) is 5.75 Å². The minimum Gasteiger partial charge on any atom is -0.507 e. The standard InChI is InChI=1S/C22H30O2/c1-7-16-18(13(2)3)12-19(14(4)5)21(15(6)23)22(16)17-10-8-9-11-20(17)24/h8-15,23-24H,7H2,1-6H3. The summed E-state index contributed by atoms with van der Waals surface area (Å²) >= 11 is 0. The first-order valence-electron chi connectivity index (χ1n) is 8.95. The number of aromatic hydroxyl groups is 1. The van der Waals surface area contributed by atoms with Gasteiger partial charge in [-0.25, -0.2) is 0 Å². The summed E-state index contributed by atoms with van der Waals surface area (Å²) in [7, 11) is 0. The van der Waals surface area contributed by atoms with Crippen molar-refractivity contribution in [1.29, 1.82) is 0 Å². The summed E-state index contributed by atoms with van der Waals surface area (Å²) < 4.78 is 0. The van der Waals surface area contributed by atoms with Gasteiger partial charge >= 0.3 is 0 Å². The van der Waals surface area contributed by atoms with Crippen molar-refractivity contribution in [3.8, 4) is 16.9 Å². The van der Waals surface area contributed by atoms with Gasteiger partial charge in [0.1, 0.15) is 5.75 Å². The molecule has 0 aliphatic rings. The molecule has 2 aromatic rings. The Balaban J connectivity index is 2.99. The van der Waals surface area contributed by atoms with Gasteiger partial charge in [-0.3, -0.25) is 0 Å². The molecule has 24 heavy (non-hydrogen) atoms. The van der Waals surface area contributed by atoms with Crippen LogP contribution in [0.5, 0.6) is 5.75 Å². The largest absolute Gasteiger partial charge is 0.507 e. The molecule has 0 spiro atoms. The number of phenolic OH excluding ortho intramolecular Hbond substituents is 1. The summed E-state index contributed by atoms with van der Waals surface area (Å²) in [5.41, 5.74) is 6.49. The maximum atomic E-state index is 10.6. The van der Waals surface area contributed by atoms with Crippen LogP contribution in [0, 0.1) is 0 Å². The summed E-state index contributed by atoms with van der Waals surface area (Å²) in [5, 5.41) is 21.0. The third kappa shape index (κ3) is 3.34. The lowest BCUT2D eigenvalue weighted by molar-refractivity contribution is 0.198. The number of phenols is 1. The van der Waals surface area contributed by atoms with E-state index >= 15 is 0 Å². The Kier molecular flexibility index (Phi) is 5.71. The molecule has 0 bridgehead atoms. The molecule has 1 unspecified atom stereocenters. The normalized spacial score (nSPS) is 12.9. The van der Waals surface area contributed by atoms with Crippen molar-refractivity contribution >= 4 is 0 Å². The van der Waals surface area contributed by atoms with Gasteiger partial charge in [-0.05, 0) is 59.1 Å². The molecule has 0 radical (unpaired) electrons. The first kappa shape index (κ1) is 18.5. The van der Waals surface area contributed by atoms with E-state index < -0.39 is 6.10 Å². The average Bonchev–Trinajstić information content (AvgIpc) is 2.52. The molecule has 0 aromatic heterocycles. The summed E-state index contributed by atoms with van der Waals surface area (Å²) in [4.78, 5) is 0. The molecule has 2 heteroatoms. The van der Waals surface area contributed by atoms with E-state index in [2.05, 4.69) is 40.7 Å². The second kappa shape index (κ2) is 7.40. The number of benzene rings is 2. The van der Waals surface area contributed by atoms with Crippen molar-refractivity contribution in [3.63, 3.8) is 0 Å². The Labute approximate surface area is 146 Å². The molecule has 2 nitrogen and oxygen atoms in total. The fourth-order valence-corrected chi connectivity index (χ4v) is 3.60. The third-order valence-electron chi connectivity index (χ3n) is 4.73. The van der Waals surface area contributed by atoms with Crippen LogP contribution in [-0.2, 0) is 6.42 Å². The van der Waals surface area contributed by atoms with E-state index in [0.717, 1.165) is 23.1 Å². The van der Waals surface area contributed by atoms with E-state index in [1.54, 1.807) is 6.07 Å². The summed E-state index contributed by atoms with van der Waals surface area (Å²) in [6.45, 7) is 12.7. The van der Waals surface area contributed by atoms with Gasteiger partial charge in [-0.2, -0.15) is 0 Å². The molecule has 0 saturated carbocycles. The molecule has 1 atom stereocenters. The highest BCUT2D eigenvalue weighted by Gasteiger charge is 2.24. The number of aliphatic hydroxyl groups is 1. The number of hydrogen-bond donors (Lipinski definition) is 2. The second-order valence-corrected chi connectivity index (χ2v) is 7.18. The molecule has 130 valence electrons. The van der Waals surface area contributed by atoms with E-state index in [1.807, 2.05) is 25.1 Å². The van der Waals surface area contributed by atoms with Crippen molar-refractivity contribution in [1.82, 2.24) is 0 Å². The lowest BCUT2D eigenvalue weighted by Gasteiger charge is -2.27. The predicted molar refractivity (Wildman–Crippen MR) is 102 cm³/mol. The lowest BCUT2D eigenvalue weighted by Crippen LogP contribution is -2.10. The number of para-hydroxylation sites is 1. The van der Waals surface area contributed by atoms with E-state index in [0.29, 0.717) is 11.8 Å². The maximum Gasteiger partial charge on any atom is 0.123 e. The van der Waals surface area contributed by atoms with Crippen LogP contribution in [0.1, 0.15) is 81.7 Å². The predicted octanol–water partition coefficient (Wildman–Crippen LogP) is 5.92. The van der Waals surface area contributed by atoms with E-state index in [4.69, 9.17) is 0 Å². The quantitative estimate of drug-likeness (QED) is 0.715. The van der Waals surface area contributed by atoms with Crippen molar-refractivity contribution in [2.24, 2.45) is 0 Å². The molecular weight excluding hydrogens is 296 g/mol. The van der Waals surface area contributed by atoms with E-state index in [1.165, 1.54) is 16.7 Å². The maximum absolute atomic E-state index is 10.6. The molecule has 0 amide bonds. The Hall–Kier alpha value is -1.80. The van der Waals surface area contributed by atoms with Crippen LogP contribution in [0.4, 0.5) is 0 Å². The lowest BCUT2D eigenvalue weighted by atomic mass is 9.79. The Morgan fingerprint density at radius 2 is 1.50 bits per heavy atom. The average molecular weight is 326 g/mol. The first-order chi connectivity index (χ1) is 11.3. The summed E-state index contributed by atoms with van der Waals surface area (Å²) in [5.74, 6) is 0.970. The summed E-state index contributed by atoms with van der Waals surface area (Å²) in [6, 6.07) is 9.71. The van der Waals surface area contributed by atoms with Crippen LogP contribution in [0.25, 0.3) is 11.1 Å². The van der Waals surface area contributed by atoms with Crippen LogP contribution in [0.2, 0.25) is 0 Å². The smallest absolute Gasteiger partial charge is 0.123 e. The molecular formula is C22H30O2. The number of rotatable bonds is 5. The topological polar surface area (TPSA) is 40.5 Å². The SMILES string of the molecule is CCc1c(C(C)C)cc(C(C)C)c(C(C)O)c1-c1ccccc1O. The fourth-order valence-electron chi connectivity index (χ4n) is 3.60. The molecule has 0 fully saturated rings. The molecule has 0 aliphatic carbocycles. The Morgan fingerprint density at radius 1 is 0.917 bits per heavy atom. The van der Waals surface area contributed by atoms with Crippen LogP contribution < -0.4 is 0 Å². The van der Waals surface area contributed by atoms with Gasteiger partial charge in [-0.15, -0.1) is 0 Å². The molecule has 2 rings (SSSR count). The van der Waals surface area contributed by atoms with Gasteiger partial charge < -0.3 is 10.2 Å². The fraction of sp³-hybridized carbons (Fsp3) is 0.455. The zero-order chi connectivity index (χ0) is 18.0. The minimum atomic E-state index is -0.580. The molecule has 0 aliphatic heterocycles.